The predicted octanol–water partition coefficient (Wildman–Crippen LogP) is 3.44. The van der Waals surface area contributed by atoms with E-state index in [1.807, 2.05) is 18.2 Å². The van der Waals surface area contributed by atoms with Gasteiger partial charge < -0.3 is 4.74 Å². The van der Waals surface area contributed by atoms with Gasteiger partial charge in [-0.3, -0.25) is 0 Å². The van der Waals surface area contributed by atoms with E-state index in [9.17, 15) is 4.79 Å². The molecule has 4 heteroatoms. The molecule has 0 fully saturated rings. The first kappa shape index (κ1) is 11.5. The summed E-state index contributed by atoms with van der Waals surface area (Å²) in [7, 11) is 0. The summed E-state index contributed by atoms with van der Waals surface area (Å²) < 4.78 is 6.74. The van der Waals surface area contributed by atoms with Gasteiger partial charge in [0.25, 0.3) is 0 Å². The molecule has 0 aliphatic rings. The summed E-state index contributed by atoms with van der Waals surface area (Å²) in [6, 6.07) is 5.67. The van der Waals surface area contributed by atoms with Gasteiger partial charge in [0.15, 0.2) is 0 Å². The Kier molecular flexibility index (Phi) is 4.35. The summed E-state index contributed by atoms with van der Waals surface area (Å²) in [6.07, 6.45) is 1.14. The van der Waals surface area contributed by atoms with Crippen molar-refractivity contribution in [3.05, 3.63) is 45.4 Å². The molecule has 0 amide bonds. The molecule has 0 saturated heterocycles. The molecule has 0 heterocycles. The van der Waals surface area contributed by atoms with E-state index in [2.05, 4.69) is 38.4 Å². The maximum atomic E-state index is 10.8. The molecule has 14 heavy (non-hydrogen) atoms. The number of carbonyl (C=O) groups is 1. The first-order valence-electron chi connectivity index (χ1n) is 3.87. The molecule has 0 aromatic heterocycles. The second kappa shape index (κ2) is 5.32. The van der Waals surface area contributed by atoms with Crippen LogP contribution in [0.2, 0.25) is 0 Å². The highest BCUT2D eigenvalue weighted by Gasteiger charge is 2.04. The van der Waals surface area contributed by atoms with Crippen LogP contribution in [-0.2, 0) is 16.1 Å². The highest BCUT2D eigenvalue weighted by atomic mass is 79.9. The Bertz CT molecular complexity index is 361. The van der Waals surface area contributed by atoms with Crippen LogP contribution in [0.4, 0.5) is 0 Å². The molecule has 1 aromatic rings. The number of ether oxygens (including phenoxy) is 1. The third-order valence-corrected chi connectivity index (χ3v) is 3.70. The molecule has 0 unspecified atom stereocenters. The van der Waals surface area contributed by atoms with Crippen molar-refractivity contribution in [2.45, 2.75) is 6.61 Å². The Morgan fingerprint density at radius 2 is 2.21 bits per heavy atom. The number of halogens is 2. The van der Waals surface area contributed by atoms with E-state index in [4.69, 9.17) is 4.74 Å². The van der Waals surface area contributed by atoms with E-state index in [0.29, 0.717) is 0 Å². The average Bonchev–Trinajstić information content (AvgIpc) is 2.20. The first-order valence-corrected chi connectivity index (χ1v) is 5.46. The quantitative estimate of drug-likeness (QED) is 0.630. The zero-order chi connectivity index (χ0) is 10.6. The first-order chi connectivity index (χ1) is 6.65. The van der Waals surface area contributed by atoms with Crippen molar-refractivity contribution in [1.29, 1.82) is 0 Å². The Labute approximate surface area is 99.2 Å². The normalized spacial score (nSPS) is 9.57. The minimum absolute atomic E-state index is 0.241. The summed E-state index contributed by atoms with van der Waals surface area (Å²) in [4.78, 5) is 10.8. The molecule has 0 aliphatic carbocycles. The van der Waals surface area contributed by atoms with Gasteiger partial charge >= 0.3 is 5.97 Å². The van der Waals surface area contributed by atoms with Crippen molar-refractivity contribution in [3.8, 4) is 0 Å². The standard InChI is InChI=1S/C10H8Br2O2/c1-2-9(13)14-6-7-4-3-5-8(11)10(7)12/h2-5H,1,6H2. The van der Waals surface area contributed by atoms with Crippen LogP contribution in [-0.4, -0.2) is 5.97 Å². The second-order valence-corrected chi connectivity index (χ2v) is 4.17. The lowest BCUT2D eigenvalue weighted by atomic mass is 10.2. The molecule has 1 rings (SSSR count). The fourth-order valence-corrected chi connectivity index (χ4v) is 1.65. The SMILES string of the molecule is C=CC(=O)OCc1cccc(Br)c1Br. The number of rotatable bonds is 3. The van der Waals surface area contributed by atoms with Crippen molar-refractivity contribution in [2.75, 3.05) is 0 Å². The van der Waals surface area contributed by atoms with E-state index in [-0.39, 0.29) is 6.61 Å². The summed E-state index contributed by atoms with van der Waals surface area (Å²) in [5, 5.41) is 0. The number of hydrogen-bond donors (Lipinski definition) is 0. The van der Waals surface area contributed by atoms with Crippen molar-refractivity contribution in [2.24, 2.45) is 0 Å². The molecule has 0 atom stereocenters. The lowest BCUT2D eigenvalue weighted by Crippen LogP contribution is -2.00. The minimum Gasteiger partial charge on any atom is -0.458 e. The van der Waals surface area contributed by atoms with E-state index in [1.165, 1.54) is 0 Å². The van der Waals surface area contributed by atoms with Crippen molar-refractivity contribution in [3.63, 3.8) is 0 Å². The van der Waals surface area contributed by atoms with Crippen LogP contribution in [0.5, 0.6) is 0 Å². The number of benzene rings is 1. The van der Waals surface area contributed by atoms with Gasteiger partial charge in [0, 0.05) is 20.6 Å². The zero-order valence-electron chi connectivity index (χ0n) is 7.30. The predicted molar refractivity (Wildman–Crippen MR) is 61.8 cm³/mol. The second-order valence-electron chi connectivity index (χ2n) is 2.52. The maximum absolute atomic E-state index is 10.8. The monoisotopic (exact) mass is 318 g/mol. The molecule has 0 radical (unpaired) electrons. The fraction of sp³-hybridized carbons (Fsp3) is 0.100. The molecular formula is C10H8Br2O2. The molecule has 0 spiro atoms. The van der Waals surface area contributed by atoms with Gasteiger partial charge in [-0.2, -0.15) is 0 Å². The van der Waals surface area contributed by atoms with Gasteiger partial charge in [0.1, 0.15) is 6.61 Å². The minimum atomic E-state index is -0.420. The van der Waals surface area contributed by atoms with Crippen LogP contribution in [0, 0.1) is 0 Å². The maximum Gasteiger partial charge on any atom is 0.330 e. The fourth-order valence-electron chi connectivity index (χ4n) is 0.868. The molecule has 74 valence electrons. The highest BCUT2D eigenvalue weighted by Crippen LogP contribution is 2.26. The Hall–Kier alpha value is -0.610. The van der Waals surface area contributed by atoms with E-state index >= 15 is 0 Å². The lowest BCUT2D eigenvalue weighted by Gasteiger charge is -2.05. The van der Waals surface area contributed by atoms with E-state index < -0.39 is 5.97 Å². The van der Waals surface area contributed by atoms with Crippen LogP contribution in [0.25, 0.3) is 0 Å². The molecular weight excluding hydrogens is 312 g/mol. The average molecular weight is 320 g/mol. The molecule has 0 aliphatic heterocycles. The van der Waals surface area contributed by atoms with E-state index in [1.54, 1.807) is 0 Å². The Balaban J connectivity index is 2.72. The summed E-state index contributed by atoms with van der Waals surface area (Å²) in [5.41, 5.74) is 0.912. The summed E-state index contributed by atoms with van der Waals surface area (Å²) in [6.45, 7) is 3.56. The van der Waals surface area contributed by atoms with Crippen LogP contribution < -0.4 is 0 Å². The number of hydrogen-bond acceptors (Lipinski definition) is 2. The summed E-state index contributed by atoms with van der Waals surface area (Å²) in [5.74, 6) is -0.420. The van der Waals surface area contributed by atoms with Crippen LogP contribution in [0.1, 0.15) is 5.56 Å². The zero-order valence-corrected chi connectivity index (χ0v) is 10.5. The van der Waals surface area contributed by atoms with Gasteiger partial charge in [-0.25, -0.2) is 4.79 Å². The molecule has 0 bridgehead atoms. The third-order valence-electron chi connectivity index (χ3n) is 1.57. The van der Waals surface area contributed by atoms with Crippen LogP contribution >= 0.6 is 31.9 Å². The Morgan fingerprint density at radius 3 is 2.86 bits per heavy atom. The van der Waals surface area contributed by atoms with Gasteiger partial charge in [0.2, 0.25) is 0 Å². The summed E-state index contributed by atoms with van der Waals surface area (Å²) >= 11 is 6.75. The lowest BCUT2D eigenvalue weighted by molar-refractivity contribution is -0.138. The third kappa shape index (κ3) is 2.96. The van der Waals surface area contributed by atoms with Crippen molar-refractivity contribution in [1.82, 2.24) is 0 Å². The molecule has 0 saturated carbocycles. The van der Waals surface area contributed by atoms with Gasteiger partial charge in [0.05, 0.1) is 0 Å². The number of esters is 1. The topological polar surface area (TPSA) is 26.3 Å². The van der Waals surface area contributed by atoms with Gasteiger partial charge in [-0.1, -0.05) is 18.7 Å². The van der Waals surface area contributed by atoms with Gasteiger partial charge in [-0.15, -0.1) is 0 Å². The van der Waals surface area contributed by atoms with E-state index in [0.717, 1.165) is 20.6 Å². The smallest absolute Gasteiger partial charge is 0.330 e. The Morgan fingerprint density at radius 1 is 1.50 bits per heavy atom. The molecule has 1 aromatic carbocycles. The van der Waals surface area contributed by atoms with Gasteiger partial charge in [-0.05, 0) is 37.9 Å². The highest BCUT2D eigenvalue weighted by molar-refractivity contribution is 9.13. The molecule has 2 nitrogen and oxygen atoms in total. The van der Waals surface area contributed by atoms with Crippen LogP contribution in [0.15, 0.2) is 39.8 Å². The molecule has 0 N–H and O–H groups in total. The number of carbonyl (C=O) groups excluding carboxylic acids is 1. The van der Waals surface area contributed by atoms with Crippen molar-refractivity contribution < 1.29 is 9.53 Å². The largest absolute Gasteiger partial charge is 0.458 e. The van der Waals surface area contributed by atoms with Crippen molar-refractivity contribution >= 4 is 37.8 Å². The van der Waals surface area contributed by atoms with Crippen LogP contribution in [0.3, 0.4) is 0 Å².